The predicted molar refractivity (Wildman–Crippen MR) is 100.0 cm³/mol. The number of anilines is 2. The van der Waals surface area contributed by atoms with Gasteiger partial charge in [-0.25, -0.2) is 4.79 Å². The van der Waals surface area contributed by atoms with E-state index in [0.29, 0.717) is 17.8 Å². The highest BCUT2D eigenvalue weighted by molar-refractivity contribution is 6.10. The molecule has 2 atom stereocenters. The van der Waals surface area contributed by atoms with Crippen molar-refractivity contribution < 1.29 is 19.2 Å². The third-order valence-electron chi connectivity index (χ3n) is 5.27. The number of hydrogen-bond acceptors (Lipinski definition) is 4. The summed E-state index contributed by atoms with van der Waals surface area (Å²) >= 11 is 0. The number of nitrogens with one attached hydrogen (secondary N) is 3. The van der Waals surface area contributed by atoms with E-state index in [2.05, 4.69) is 16.0 Å². The monoisotopic (exact) mass is 372 g/mol. The van der Waals surface area contributed by atoms with Crippen molar-refractivity contribution in [1.82, 2.24) is 10.2 Å². The normalized spacial score (nSPS) is 24.7. The summed E-state index contributed by atoms with van der Waals surface area (Å²) in [6.45, 7) is 3.02. The molecule has 2 fully saturated rings. The molecule has 8 heteroatoms. The van der Waals surface area contributed by atoms with Crippen molar-refractivity contribution in [3.05, 3.63) is 24.3 Å². The van der Waals surface area contributed by atoms with Gasteiger partial charge in [0.2, 0.25) is 11.8 Å². The zero-order valence-electron chi connectivity index (χ0n) is 15.5. The molecule has 144 valence electrons. The molecule has 0 aromatic heterocycles. The van der Waals surface area contributed by atoms with Gasteiger partial charge in [0.05, 0.1) is 0 Å². The van der Waals surface area contributed by atoms with Crippen molar-refractivity contribution in [2.24, 2.45) is 5.92 Å². The minimum atomic E-state index is -0.874. The van der Waals surface area contributed by atoms with Gasteiger partial charge in [-0.1, -0.05) is 25.8 Å². The topological polar surface area (TPSA) is 108 Å². The molecular formula is C19H24N4O4. The number of benzene rings is 1. The first kappa shape index (κ1) is 18.9. The standard InChI is InChI=1S/C19H24N4O4/c1-12-6-3-4-9-19(12)17(26)23(18(27)22-19)11-16(25)21-15-8-5-7-14(10-15)20-13(2)24/h5,7-8,10,12H,3-4,6,9,11H2,1-2H3,(H,20,24)(H,21,25)(H,22,27). The lowest BCUT2D eigenvalue weighted by Crippen LogP contribution is -2.54. The number of nitrogens with zero attached hydrogens (tertiary/aromatic N) is 1. The van der Waals surface area contributed by atoms with E-state index < -0.39 is 17.5 Å². The summed E-state index contributed by atoms with van der Waals surface area (Å²) in [5.41, 5.74) is 0.144. The fourth-order valence-corrected chi connectivity index (χ4v) is 3.86. The summed E-state index contributed by atoms with van der Waals surface area (Å²) in [7, 11) is 0. The van der Waals surface area contributed by atoms with Gasteiger partial charge in [-0.3, -0.25) is 19.3 Å². The zero-order chi connectivity index (χ0) is 19.6. The van der Waals surface area contributed by atoms with Crippen LogP contribution in [0.3, 0.4) is 0 Å². The maximum absolute atomic E-state index is 12.9. The summed E-state index contributed by atoms with van der Waals surface area (Å²) in [5, 5.41) is 8.12. The Hall–Kier alpha value is -2.90. The van der Waals surface area contributed by atoms with E-state index in [1.165, 1.54) is 6.92 Å². The highest BCUT2D eigenvalue weighted by Gasteiger charge is 2.55. The van der Waals surface area contributed by atoms with Gasteiger partial charge in [-0.2, -0.15) is 0 Å². The van der Waals surface area contributed by atoms with Gasteiger partial charge in [-0.15, -0.1) is 0 Å². The third-order valence-corrected chi connectivity index (χ3v) is 5.27. The third kappa shape index (κ3) is 3.79. The predicted octanol–water partition coefficient (Wildman–Crippen LogP) is 2.08. The molecular weight excluding hydrogens is 348 g/mol. The van der Waals surface area contributed by atoms with Gasteiger partial charge in [0, 0.05) is 18.3 Å². The molecule has 2 aliphatic rings. The van der Waals surface area contributed by atoms with E-state index in [-0.39, 0.29) is 24.3 Å². The van der Waals surface area contributed by atoms with Gasteiger partial charge in [0.25, 0.3) is 5.91 Å². The maximum Gasteiger partial charge on any atom is 0.325 e. The Balaban J connectivity index is 1.67. The second-order valence-corrected chi connectivity index (χ2v) is 7.25. The number of amides is 5. The van der Waals surface area contributed by atoms with Gasteiger partial charge >= 0.3 is 6.03 Å². The lowest BCUT2D eigenvalue weighted by molar-refractivity contribution is -0.136. The van der Waals surface area contributed by atoms with Crippen LogP contribution in [0.25, 0.3) is 0 Å². The number of imide groups is 1. The first-order valence-electron chi connectivity index (χ1n) is 9.13. The maximum atomic E-state index is 12.9. The van der Waals surface area contributed by atoms with Crippen LogP contribution in [0.5, 0.6) is 0 Å². The molecule has 8 nitrogen and oxygen atoms in total. The first-order chi connectivity index (χ1) is 12.8. The van der Waals surface area contributed by atoms with Gasteiger partial charge < -0.3 is 16.0 Å². The summed E-state index contributed by atoms with van der Waals surface area (Å²) in [5.74, 6) is -0.962. The lowest BCUT2D eigenvalue weighted by atomic mass is 9.73. The Bertz CT molecular complexity index is 794. The van der Waals surface area contributed by atoms with Crippen molar-refractivity contribution >= 4 is 35.1 Å². The molecule has 0 radical (unpaired) electrons. The lowest BCUT2D eigenvalue weighted by Gasteiger charge is -2.36. The molecule has 1 heterocycles. The molecule has 1 saturated carbocycles. The molecule has 3 N–H and O–H groups in total. The Morgan fingerprint density at radius 2 is 1.93 bits per heavy atom. The van der Waals surface area contributed by atoms with E-state index in [4.69, 9.17) is 0 Å². The molecule has 1 saturated heterocycles. The zero-order valence-corrected chi connectivity index (χ0v) is 15.5. The number of carbonyl (C=O) groups is 4. The van der Waals surface area contributed by atoms with Crippen molar-refractivity contribution in [2.75, 3.05) is 17.2 Å². The fraction of sp³-hybridized carbons (Fsp3) is 0.474. The SMILES string of the molecule is CC(=O)Nc1cccc(NC(=O)CN2C(=O)NC3(CCCCC3C)C2=O)c1. The Morgan fingerprint density at radius 3 is 2.59 bits per heavy atom. The molecule has 27 heavy (non-hydrogen) atoms. The van der Waals surface area contributed by atoms with Crippen LogP contribution in [0.1, 0.15) is 39.5 Å². The molecule has 5 amide bonds. The molecule has 1 aliphatic heterocycles. The second kappa shape index (κ2) is 7.38. The van der Waals surface area contributed by atoms with Crippen molar-refractivity contribution in [2.45, 2.75) is 45.1 Å². The minimum absolute atomic E-state index is 0.0464. The van der Waals surface area contributed by atoms with Gasteiger partial charge in [-0.05, 0) is 37.0 Å². The largest absolute Gasteiger partial charge is 0.326 e. The van der Waals surface area contributed by atoms with E-state index in [0.717, 1.165) is 24.2 Å². The molecule has 0 bridgehead atoms. The molecule has 1 aromatic carbocycles. The van der Waals surface area contributed by atoms with Gasteiger partial charge in [0.15, 0.2) is 0 Å². The Labute approximate surface area is 157 Å². The average molecular weight is 372 g/mol. The van der Waals surface area contributed by atoms with Crippen molar-refractivity contribution in [3.63, 3.8) is 0 Å². The number of hydrogen-bond donors (Lipinski definition) is 3. The number of carbonyl (C=O) groups excluding carboxylic acids is 4. The molecule has 1 aliphatic carbocycles. The Kier molecular flexibility index (Phi) is 5.16. The van der Waals surface area contributed by atoms with Crippen molar-refractivity contribution in [3.8, 4) is 0 Å². The van der Waals surface area contributed by atoms with Crippen LogP contribution < -0.4 is 16.0 Å². The van der Waals surface area contributed by atoms with Crippen LogP contribution >= 0.6 is 0 Å². The number of rotatable bonds is 4. The highest BCUT2D eigenvalue weighted by atomic mass is 16.2. The van der Waals surface area contributed by atoms with Crippen LogP contribution in [-0.2, 0) is 14.4 Å². The average Bonchev–Trinajstić information content (AvgIpc) is 2.82. The van der Waals surface area contributed by atoms with E-state index >= 15 is 0 Å². The summed E-state index contributed by atoms with van der Waals surface area (Å²) in [4.78, 5) is 49.7. The molecule has 2 unspecified atom stereocenters. The quantitative estimate of drug-likeness (QED) is 0.703. The summed E-state index contributed by atoms with van der Waals surface area (Å²) < 4.78 is 0. The fourth-order valence-electron chi connectivity index (χ4n) is 3.86. The van der Waals surface area contributed by atoms with Crippen LogP contribution in [0, 0.1) is 5.92 Å². The summed E-state index contributed by atoms with van der Waals surface area (Å²) in [6.07, 6.45) is 3.40. The van der Waals surface area contributed by atoms with Gasteiger partial charge in [0.1, 0.15) is 12.1 Å². The van der Waals surface area contributed by atoms with Crippen LogP contribution in [0.2, 0.25) is 0 Å². The summed E-state index contributed by atoms with van der Waals surface area (Å²) in [6, 6.07) is 6.14. The second-order valence-electron chi connectivity index (χ2n) is 7.25. The molecule has 1 aromatic rings. The first-order valence-corrected chi connectivity index (χ1v) is 9.13. The molecule has 3 rings (SSSR count). The van der Waals surface area contributed by atoms with E-state index in [1.54, 1.807) is 24.3 Å². The smallest absolute Gasteiger partial charge is 0.325 e. The molecule has 1 spiro atoms. The van der Waals surface area contributed by atoms with Crippen molar-refractivity contribution in [1.29, 1.82) is 0 Å². The van der Waals surface area contributed by atoms with E-state index in [1.807, 2.05) is 6.92 Å². The van der Waals surface area contributed by atoms with E-state index in [9.17, 15) is 19.2 Å². The van der Waals surface area contributed by atoms with Crippen LogP contribution in [-0.4, -0.2) is 40.7 Å². The van der Waals surface area contributed by atoms with Crippen LogP contribution in [0.15, 0.2) is 24.3 Å². The minimum Gasteiger partial charge on any atom is -0.326 e. The number of urea groups is 1. The van der Waals surface area contributed by atoms with Crippen LogP contribution in [0.4, 0.5) is 16.2 Å². The Morgan fingerprint density at radius 1 is 1.22 bits per heavy atom. The highest BCUT2D eigenvalue weighted by Crippen LogP contribution is 2.38.